The van der Waals surface area contributed by atoms with Crippen molar-refractivity contribution in [2.24, 2.45) is 28.1 Å². The molecule has 0 aromatic carbocycles. The Labute approximate surface area is 324 Å². The lowest BCUT2D eigenvalue weighted by Gasteiger charge is -2.64. The molecule has 320 valence electrons. The maximum absolute atomic E-state index is 14.1. The Balaban J connectivity index is 1.10. The first-order valence-corrected chi connectivity index (χ1v) is 19.9. The topological polar surface area (TPSA) is 295 Å². The van der Waals surface area contributed by atoms with E-state index in [9.17, 15) is 61.0 Å². The maximum Gasteiger partial charge on any atom is 0.314 e. The van der Waals surface area contributed by atoms with Gasteiger partial charge in [0.2, 0.25) is 6.29 Å². The molecule has 56 heavy (non-hydrogen) atoms. The molecule has 4 aliphatic carbocycles. The Morgan fingerprint density at radius 2 is 1.21 bits per heavy atom. The Morgan fingerprint density at radius 1 is 0.679 bits per heavy atom. The fourth-order valence-electron chi connectivity index (χ4n) is 11.9. The van der Waals surface area contributed by atoms with Crippen molar-refractivity contribution in [3.8, 4) is 0 Å². The van der Waals surface area contributed by atoms with Gasteiger partial charge in [-0.2, -0.15) is 0 Å². The molecule has 1 unspecified atom stereocenters. The average molecular weight is 805 g/mol. The number of aliphatic hydroxyl groups is 11. The van der Waals surface area contributed by atoms with Crippen LogP contribution < -0.4 is 0 Å². The van der Waals surface area contributed by atoms with Gasteiger partial charge in [-0.25, -0.2) is 0 Å². The molecule has 3 saturated carbocycles. The summed E-state index contributed by atoms with van der Waals surface area (Å²) in [6.07, 6.45) is -16.1. The quantitative estimate of drug-likeness (QED) is 0.0631. The van der Waals surface area contributed by atoms with Crippen molar-refractivity contribution >= 4 is 5.97 Å². The minimum absolute atomic E-state index is 0.105. The van der Waals surface area contributed by atoms with Gasteiger partial charge in [-0.1, -0.05) is 19.4 Å². The van der Waals surface area contributed by atoms with E-state index in [1.54, 1.807) is 0 Å². The molecule has 3 heterocycles. The van der Waals surface area contributed by atoms with Crippen LogP contribution in [-0.4, -0.2) is 180 Å². The van der Waals surface area contributed by atoms with Crippen LogP contribution in [0.25, 0.3) is 0 Å². The highest BCUT2D eigenvalue weighted by Gasteiger charge is 2.68. The number of aliphatic hydroxyl groups excluding tert-OH is 11. The molecule has 0 aromatic heterocycles. The van der Waals surface area contributed by atoms with E-state index in [1.165, 1.54) is 0 Å². The van der Waals surface area contributed by atoms with Crippen molar-refractivity contribution in [3.05, 3.63) is 11.6 Å². The van der Waals surface area contributed by atoms with Gasteiger partial charge in [0.1, 0.15) is 73.2 Å². The van der Waals surface area contributed by atoms with Crippen molar-refractivity contribution in [3.63, 3.8) is 0 Å². The fraction of sp³-hybridized carbons (Fsp3) is 0.921. The fourth-order valence-corrected chi connectivity index (χ4v) is 11.9. The van der Waals surface area contributed by atoms with Crippen molar-refractivity contribution in [2.45, 2.75) is 170 Å². The second kappa shape index (κ2) is 15.6. The van der Waals surface area contributed by atoms with Crippen LogP contribution in [-0.2, 0) is 33.2 Å². The minimum Gasteiger partial charge on any atom is -0.432 e. The molecule has 1 spiro atoms. The number of rotatable bonds is 9. The zero-order chi connectivity index (χ0) is 40.7. The van der Waals surface area contributed by atoms with Crippen LogP contribution in [0, 0.1) is 28.1 Å². The summed E-state index contributed by atoms with van der Waals surface area (Å²) in [5.74, 6) is -0.604. The molecule has 11 N–H and O–H groups in total. The Morgan fingerprint density at radius 3 is 1.82 bits per heavy atom. The van der Waals surface area contributed by atoms with Gasteiger partial charge >= 0.3 is 5.97 Å². The number of carbonyl (C=O) groups excluding carboxylic acids is 1. The highest BCUT2D eigenvalue weighted by molar-refractivity contribution is 5.77. The van der Waals surface area contributed by atoms with Gasteiger partial charge in [0.15, 0.2) is 12.6 Å². The summed E-state index contributed by atoms with van der Waals surface area (Å²) in [5.41, 5.74) is -1.69. The number of esters is 1. The number of hydrogen-bond acceptors (Lipinski definition) is 18. The van der Waals surface area contributed by atoms with Crippen molar-refractivity contribution < 1.29 is 89.4 Å². The van der Waals surface area contributed by atoms with E-state index in [1.807, 2.05) is 13.8 Å². The Hall–Kier alpha value is -1.43. The van der Waals surface area contributed by atoms with Crippen molar-refractivity contribution in [2.75, 3.05) is 19.8 Å². The number of hydrogen-bond donors (Lipinski definition) is 11. The van der Waals surface area contributed by atoms with E-state index in [0.717, 1.165) is 18.4 Å². The van der Waals surface area contributed by atoms with Crippen LogP contribution in [0.15, 0.2) is 11.6 Å². The summed E-state index contributed by atoms with van der Waals surface area (Å²) in [7, 11) is 0. The van der Waals surface area contributed by atoms with Crippen LogP contribution in [0.3, 0.4) is 0 Å². The molecule has 0 radical (unpaired) electrons. The highest BCUT2D eigenvalue weighted by Crippen LogP contribution is 2.72. The van der Waals surface area contributed by atoms with Crippen LogP contribution in [0.1, 0.15) is 72.1 Å². The molecule has 3 saturated heterocycles. The van der Waals surface area contributed by atoms with Gasteiger partial charge in [-0.3, -0.25) is 4.79 Å². The van der Waals surface area contributed by atoms with Gasteiger partial charge < -0.3 is 84.6 Å². The van der Waals surface area contributed by atoms with Gasteiger partial charge in [-0.15, -0.1) is 0 Å². The molecular formula is C38H60O18. The van der Waals surface area contributed by atoms with Gasteiger partial charge in [0, 0.05) is 0 Å². The number of allylic oxidation sites excluding steroid dienone is 1. The summed E-state index contributed by atoms with van der Waals surface area (Å²) < 4.78 is 35.6. The predicted molar refractivity (Wildman–Crippen MR) is 186 cm³/mol. The van der Waals surface area contributed by atoms with Crippen molar-refractivity contribution in [1.29, 1.82) is 0 Å². The second-order valence-corrected chi connectivity index (χ2v) is 17.9. The Bertz CT molecular complexity index is 1460. The molecule has 21 atom stereocenters. The summed E-state index contributed by atoms with van der Waals surface area (Å²) in [6, 6.07) is 0. The van der Waals surface area contributed by atoms with E-state index >= 15 is 0 Å². The molecule has 7 rings (SSSR count). The lowest BCUT2D eigenvalue weighted by atomic mass is 9.40. The molecule has 3 aliphatic heterocycles. The van der Waals surface area contributed by atoms with Crippen LogP contribution in [0.4, 0.5) is 0 Å². The molecule has 2 bridgehead atoms. The molecule has 0 amide bonds. The molecule has 7 aliphatic rings. The van der Waals surface area contributed by atoms with E-state index in [2.05, 4.69) is 13.0 Å². The van der Waals surface area contributed by atoms with E-state index in [-0.39, 0.29) is 22.7 Å². The summed E-state index contributed by atoms with van der Waals surface area (Å²) in [5, 5.41) is 114. The monoisotopic (exact) mass is 804 g/mol. The second-order valence-electron chi connectivity index (χ2n) is 17.9. The largest absolute Gasteiger partial charge is 0.432 e. The molecular weight excluding hydrogens is 744 g/mol. The zero-order valence-electron chi connectivity index (χ0n) is 31.9. The summed E-state index contributed by atoms with van der Waals surface area (Å²) >= 11 is 0. The average Bonchev–Trinajstić information content (AvgIpc) is 3.37. The standard InChI is InChI=1S/C38H60O18/c1-16-11-37-9-5-20-35(2,7-4-8-36(20,3)34(50)55-32-29(49)26(46)23(43)18(13-40)52-32)21(37)6-10-38(16,15-37)56-33-30(27(47)24(44)19(14-41)53-33)54-31-28(48)25(45)22(42)17(12-39)51-31/h11,17-33,39-49H,4-10,12-15H2,1-3H3/t17-,18-,19-,20-,21-,22-,23-,24-,25+,26+,27+,28-,29-,30-,31+,32+,33+,35+,36?,37+,38+/m1/s1. The third-order valence-corrected chi connectivity index (χ3v) is 14.9. The first kappa shape index (κ1) is 42.7. The van der Waals surface area contributed by atoms with Crippen LogP contribution in [0.2, 0.25) is 0 Å². The third-order valence-electron chi connectivity index (χ3n) is 14.9. The minimum atomic E-state index is -1.80. The molecule has 18 nitrogen and oxygen atoms in total. The lowest BCUT2D eigenvalue weighted by molar-refractivity contribution is -0.378. The number of ether oxygens (including phenoxy) is 6. The Kier molecular flexibility index (Phi) is 11.9. The first-order valence-electron chi connectivity index (χ1n) is 19.9. The van der Waals surface area contributed by atoms with E-state index in [4.69, 9.17) is 28.4 Å². The van der Waals surface area contributed by atoms with Crippen LogP contribution >= 0.6 is 0 Å². The SMILES string of the molecule is CC1=C[C@]23CC[C@H]4C(C)(C(=O)O[C@@H]5O[C@H](CO)[C@@H](O)[C@H](O)[C@H]5O)CCC[C@]4(C)[C@H]2CC[C@]1(O[C@@H]1O[C@H](CO)[C@@H](O)[C@H](O)[C@H]1O[C@@H]1O[C@H](CO)[C@@H](O)[C@H](O)[C@H]1O)C3. The zero-order valence-corrected chi connectivity index (χ0v) is 31.9. The van der Waals surface area contributed by atoms with Crippen LogP contribution in [0.5, 0.6) is 0 Å². The van der Waals surface area contributed by atoms with Crippen molar-refractivity contribution in [1.82, 2.24) is 0 Å². The first-order chi connectivity index (χ1) is 26.4. The third kappa shape index (κ3) is 6.69. The van der Waals surface area contributed by atoms with Gasteiger partial charge in [0.05, 0.1) is 30.8 Å². The molecule has 6 fully saturated rings. The smallest absolute Gasteiger partial charge is 0.314 e. The normalized spacial score (nSPS) is 54.5. The number of fused-ring (bicyclic) bond motifs is 3. The summed E-state index contributed by atoms with van der Waals surface area (Å²) in [4.78, 5) is 14.1. The van der Waals surface area contributed by atoms with Gasteiger partial charge in [0.25, 0.3) is 0 Å². The van der Waals surface area contributed by atoms with E-state index in [0.29, 0.717) is 38.5 Å². The van der Waals surface area contributed by atoms with E-state index < -0.39 is 129 Å². The highest BCUT2D eigenvalue weighted by atomic mass is 16.8. The molecule has 0 aromatic rings. The van der Waals surface area contributed by atoms with Gasteiger partial charge in [-0.05, 0) is 87.0 Å². The summed E-state index contributed by atoms with van der Waals surface area (Å²) in [6.45, 7) is 4.03. The lowest BCUT2D eigenvalue weighted by Crippen LogP contribution is -2.66. The predicted octanol–water partition coefficient (Wildman–Crippen LogP) is -2.94. The molecule has 18 heteroatoms. The number of carbonyl (C=O) groups is 1. The maximum atomic E-state index is 14.1.